The monoisotopic (exact) mass is 449 g/mol. The lowest BCUT2D eigenvalue weighted by Gasteiger charge is -2.00. The summed E-state index contributed by atoms with van der Waals surface area (Å²) in [5.41, 5.74) is 0.839. The minimum atomic E-state index is -0.465. The summed E-state index contributed by atoms with van der Waals surface area (Å²) in [7, 11) is 0. The van der Waals surface area contributed by atoms with E-state index in [0.29, 0.717) is 25.2 Å². The molecule has 0 N–H and O–H groups in total. The number of fused-ring (bicyclic) bond motifs is 1. The first kappa shape index (κ1) is 19.1. The summed E-state index contributed by atoms with van der Waals surface area (Å²) in [4.78, 5) is 29.3. The first-order valence-corrected chi connectivity index (χ1v) is 10.00. The van der Waals surface area contributed by atoms with E-state index >= 15 is 0 Å². The molecule has 0 amide bonds. The highest BCUT2D eigenvalue weighted by molar-refractivity contribution is 7.15. The fraction of sp³-hybridized carbons (Fsp3) is 0.0526. The summed E-state index contributed by atoms with van der Waals surface area (Å²) in [5, 5.41) is 5.74. The molecule has 9 heteroatoms. The molecule has 0 unspecified atom stereocenters. The number of thiazole rings is 1. The average molecular weight is 451 g/mol. The third-order valence-electron chi connectivity index (χ3n) is 3.98. The maximum absolute atomic E-state index is 12.7. The van der Waals surface area contributed by atoms with Gasteiger partial charge in [-0.05, 0) is 41.5 Å². The lowest BCUT2D eigenvalue weighted by molar-refractivity contribution is 0.811. The molecular weight excluding hydrogens is 441 g/mol. The molecule has 0 aliphatic heterocycles. The standard InChI is InChI=1S/C19H10Cl3N3O2S/c20-12-4-1-10(2-5-12)7-15-17(26)23-19-25(24-15)18(27)16(28-19)8-11-3-6-13(21)9-14(11)22/h1-6,8-9H,7H2. The molecule has 0 radical (unpaired) electrons. The Bertz CT molecular complexity index is 1360. The van der Waals surface area contributed by atoms with Crippen LogP contribution in [-0.2, 0) is 6.42 Å². The van der Waals surface area contributed by atoms with Crippen LogP contribution in [0, 0.1) is 0 Å². The van der Waals surface area contributed by atoms with Gasteiger partial charge in [-0.25, -0.2) is 0 Å². The summed E-state index contributed by atoms with van der Waals surface area (Å²) in [6.07, 6.45) is 1.88. The van der Waals surface area contributed by atoms with Gasteiger partial charge in [-0.3, -0.25) is 9.59 Å². The van der Waals surface area contributed by atoms with Crippen molar-refractivity contribution < 1.29 is 0 Å². The van der Waals surface area contributed by atoms with Crippen LogP contribution in [0.25, 0.3) is 11.0 Å². The lowest BCUT2D eigenvalue weighted by Crippen LogP contribution is -2.28. The molecule has 2 heterocycles. The first-order valence-electron chi connectivity index (χ1n) is 8.05. The molecular formula is C19H10Cl3N3O2S. The van der Waals surface area contributed by atoms with Gasteiger partial charge in [0, 0.05) is 21.5 Å². The van der Waals surface area contributed by atoms with Crippen molar-refractivity contribution in [2.24, 2.45) is 0 Å². The van der Waals surface area contributed by atoms with Gasteiger partial charge in [-0.2, -0.15) is 14.6 Å². The van der Waals surface area contributed by atoms with Crippen molar-refractivity contribution in [3.05, 3.63) is 99.6 Å². The van der Waals surface area contributed by atoms with E-state index < -0.39 is 5.56 Å². The SMILES string of the molecule is O=c1nc2sc(=Cc3ccc(Cl)cc3Cl)c(=O)n2nc1Cc1ccc(Cl)cc1. The molecule has 0 saturated carbocycles. The second kappa shape index (κ2) is 7.64. The van der Waals surface area contributed by atoms with Gasteiger partial charge in [0.15, 0.2) is 0 Å². The lowest BCUT2D eigenvalue weighted by atomic mass is 10.1. The Hall–Kier alpha value is -2.25. The second-order valence-electron chi connectivity index (χ2n) is 5.94. The van der Waals surface area contributed by atoms with E-state index in [0.717, 1.165) is 21.4 Å². The molecule has 0 spiro atoms. The zero-order chi connectivity index (χ0) is 19.8. The van der Waals surface area contributed by atoms with E-state index in [-0.39, 0.29) is 22.6 Å². The van der Waals surface area contributed by atoms with Crippen molar-refractivity contribution in [1.29, 1.82) is 0 Å². The van der Waals surface area contributed by atoms with E-state index in [2.05, 4.69) is 10.1 Å². The summed E-state index contributed by atoms with van der Waals surface area (Å²) in [6, 6.07) is 12.0. The number of rotatable bonds is 3. The Morgan fingerprint density at radius 3 is 2.43 bits per heavy atom. The molecule has 4 aromatic rings. The second-order valence-corrected chi connectivity index (χ2v) is 8.23. The van der Waals surface area contributed by atoms with E-state index in [9.17, 15) is 9.59 Å². The highest BCUT2D eigenvalue weighted by Crippen LogP contribution is 2.21. The minimum absolute atomic E-state index is 0.186. The summed E-state index contributed by atoms with van der Waals surface area (Å²) < 4.78 is 1.51. The first-order chi connectivity index (χ1) is 13.4. The number of hydrogen-bond acceptors (Lipinski definition) is 5. The zero-order valence-corrected chi connectivity index (χ0v) is 17.1. The molecule has 140 valence electrons. The maximum atomic E-state index is 12.7. The van der Waals surface area contributed by atoms with Gasteiger partial charge in [0.25, 0.3) is 11.1 Å². The quantitative estimate of drug-likeness (QED) is 0.478. The van der Waals surface area contributed by atoms with Crippen molar-refractivity contribution in [1.82, 2.24) is 14.6 Å². The minimum Gasteiger partial charge on any atom is -0.266 e. The van der Waals surface area contributed by atoms with Gasteiger partial charge in [0.05, 0.1) is 4.53 Å². The van der Waals surface area contributed by atoms with Gasteiger partial charge in [0.2, 0.25) is 4.96 Å². The Labute approximate surface area is 177 Å². The number of aromatic nitrogens is 3. The van der Waals surface area contributed by atoms with Crippen molar-refractivity contribution in [2.75, 3.05) is 0 Å². The number of halogens is 3. The van der Waals surface area contributed by atoms with Gasteiger partial charge < -0.3 is 0 Å². The van der Waals surface area contributed by atoms with Crippen molar-refractivity contribution in [3.63, 3.8) is 0 Å². The Balaban J connectivity index is 1.81. The summed E-state index contributed by atoms with van der Waals surface area (Å²) in [5.74, 6) is 0. The molecule has 4 rings (SSSR count). The Morgan fingerprint density at radius 1 is 1.00 bits per heavy atom. The average Bonchev–Trinajstić information content (AvgIpc) is 2.94. The molecule has 0 bridgehead atoms. The van der Waals surface area contributed by atoms with Crippen LogP contribution in [0.1, 0.15) is 16.8 Å². The smallest absolute Gasteiger partial charge is 0.266 e. The van der Waals surface area contributed by atoms with E-state index in [1.54, 1.807) is 48.5 Å². The topological polar surface area (TPSA) is 64.3 Å². The van der Waals surface area contributed by atoms with Gasteiger partial charge in [-0.15, -0.1) is 0 Å². The van der Waals surface area contributed by atoms with Crippen LogP contribution in [0.4, 0.5) is 0 Å². The predicted octanol–water partition coefficient (Wildman–Crippen LogP) is 3.61. The Morgan fingerprint density at radius 2 is 1.71 bits per heavy atom. The fourth-order valence-electron chi connectivity index (χ4n) is 2.61. The molecule has 0 aliphatic rings. The van der Waals surface area contributed by atoms with Crippen LogP contribution in [0.2, 0.25) is 15.1 Å². The largest absolute Gasteiger partial charge is 0.296 e. The molecule has 28 heavy (non-hydrogen) atoms. The van der Waals surface area contributed by atoms with E-state index in [4.69, 9.17) is 34.8 Å². The van der Waals surface area contributed by atoms with E-state index in [1.807, 2.05) is 0 Å². The fourth-order valence-corrected chi connectivity index (χ4v) is 4.09. The van der Waals surface area contributed by atoms with E-state index in [1.165, 1.54) is 0 Å². The number of hydrogen-bond donors (Lipinski definition) is 0. The highest BCUT2D eigenvalue weighted by Gasteiger charge is 2.12. The van der Waals surface area contributed by atoms with Crippen LogP contribution < -0.4 is 15.7 Å². The number of nitrogens with zero attached hydrogens (tertiary/aromatic N) is 3. The third kappa shape index (κ3) is 3.82. The van der Waals surface area contributed by atoms with Crippen LogP contribution in [0.5, 0.6) is 0 Å². The Kier molecular flexibility index (Phi) is 5.21. The van der Waals surface area contributed by atoms with Crippen molar-refractivity contribution in [3.8, 4) is 0 Å². The highest BCUT2D eigenvalue weighted by atomic mass is 35.5. The van der Waals surface area contributed by atoms with Gasteiger partial charge >= 0.3 is 0 Å². The zero-order valence-electron chi connectivity index (χ0n) is 14.0. The molecule has 0 aliphatic carbocycles. The maximum Gasteiger partial charge on any atom is 0.296 e. The normalized spacial score (nSPS) is 12.0. The van der Waals surface area contributed by atoms with Crippen LogP contribution in [0.15, 0.2) is 52.1 Å². The molecule has 0 atom stereocenters. The summed E-state index contributed by atoms with van der Waals surface area (Å²) >= 11 is 19.0. The molecule has 0 saturated heterocycles. The van der Waals surface area contributed by atoms with Gasteiger partial charge in [0.1, 0.15) is 5.69 Å². The summed E-state index contributed by atoms with van der Waals surface area (Å²) in [6.45, 7) is 0. The predicted molar refractivity (Wildman–Crippen MR) is 113 cm³/mol. The van der Waals surface area contributed by atoms with Crippen molar-refractivity contribution in [2.45, 2.75) is 6.42 Å². The van der Waals surface area contributed by atoms with Crippen molar-refractivity contribution >= 4 is 57.2 Å². The van der Waals surface area contributed by atoms with Crippen LogP contribution in [-0.4, -0.2) is 14.6 Å². The van der Waals surface area contributed by atoms with Crippen LogP contribution in [0.3, 0.4) is 0 Å². The molecule has 5 nitrogen and oxygen atoms in total. The number of benzene rings is 2. The molecule has 2 aromatic heterocycles. The molecule has 2 aromatic carbocycles. The third-order valence-corrected chi connectivity index (χ3v) is 5.76. The van der Waals surface area contributed by atoms with Crippen LogP contribution >= 0.6 is 46.1 Å². The van der Waals surface area contributed by atoms with Gasteiger partial charge in [-0.1, -0.05) is 64.3 Å². The molecule has 0 fully saturated rings.